The molecule has 1 nitrogen and oxygen atoms in total. The Hall–Kier alpha value is -0.560. The lowest BCUT2D eigenvalue weighted by molar-refractivity contribution is 0.632. The van der Waals surface area contributed by atoms with Crippen LogP contribution in [0.15, 0.2) is 23.3 Å². The molecule has 1 N–H and O–H groups in total. The summed E-state index contributed by atoms with van der Waals surface area (Å²) in [4.78, 5) is 0. The average molecular weight is 163 g/mol. The van der Waals surface area contributed by atoms with Crippen LogP contribution < -0.4 is 5.32 Å². The third-order valence-corrected chi connectivity index (χ3v) is 3.01. The second-order valence-corrected chi connectivity index (χ2v) is 3.73. The van der Waals surface area contributed by atoms with Crippen molar-refractivity contribution in [3.05, 3.63) is 23.3 Å². The number of hydrogen-bond donors (Lipinski definition) is 1. The first-order valence-corrected chi connectivity index (χ1v) is 4.97. The highest BCUT2D eigenvalue weighted by Gasteiger charge is 2.22. The van der Waals surface area contributed by atoms with Crippen molar-refractivity contribution in [2.45, 2.75) is 38.1 Å². The lowest BCUT2D eigenvalue weighted by atomic mass is 10.1. The van der Waals surface area contributed by atoms with Crippen LogP contribution >= 0.6 is 0 Å². The molecule has 0 aromatic carbocycles. The summed E-state index contributed by atoms with van der Waals surface area (Å²) in [5.41, 5.74) is 3.30. The van der Waals surface area contributed by atoms with Crippen LogP contribution in [-0.2, 0) is 0 Å². The number of nitrogens with one attached hydrogen (secondary N) is 1. The first-order chi connectivity index (χ1) is 5.92. The average Bonchev–Trinajstić information content (AvgIpc) is 2.33. The van der Waals surface area contributed by atoms with E-state index in [9.17, 15) is 0 Å². The standard InChI is InChI=1S/C11H17N/c1-12-11-8-7-9-5-3-2-4-6-10(9)11/h4,6,11-12H,2-3,5,7-8H2,1H3/t11-/m0/s1. The second kappa shape index (κ2) is 3.44. The van der Waals surface area contributed by atoms with E-state index in [2.05, 4.69) is 24.5 Å². The number of hydrogen-bond acceptors (Lipinski definition) is 1. The summed E-state index contributed by atoms with van der Waals surface area (Å²) < 4.78 is 0. The molecule has 2 rings (SSSR count). The quantitative estimate of drug-likeness (QED) is 0.626. The normalized spacial score (nSPS) is 28.9. The number of rotatable bonds is 1. The van der Waals surface area contributed by atoms with Gasteiger partial charge in [0.1, 0.15) is 0 Å². The summed E-state index contributed by atoms with van der Waals surface area (Å²) in [5, 5.41) is 3.38. The molecule has 0 aromatic heterocycles. The molecule has 2 aliphatic rings. The molecule has 1 heteroatoms. The van der Waals surface area contributed by atoms with Crippen LogP contribution in [0.25, 0.3) is 0 Å². The van der Waals surface area contributed by atoms with E-state index in [-0.39, 0.29) is 0 Å². The Labute approximate surface area is 74.5 Å². The maximum atomic E-state index is 3.38. The van der Waals surface area contributed by atoms with E-state index in [1.165, 1.54) is 32.1 Å². The van der Waals surface area contributed by atoms with Gasteiger partial charge in [0.15, 0.2) is 0 Å². The van der Waals surface area contributed by atoms with Crippen LogP contribution in [0.5, 0.6) is 0 Å². The largest absolute Gasteiger partial charge is 0.313 e. The zero-order valence-electron chi connectivity index (χ0n) is 7.77. The van der Waals surface area contributed by atoms with Crippen molar-refractivity contribution in [1.82, 2.24) is 5.32 Å². The molecular weight excluding hydrogens is 146 g/mol. The molecule has 0 unspecified atom stereocenters. The molecule has 0 saturated heterocycles. The zero-order chi connectivity index (χ0) is 8.39. The topological polar surface area (TPSA) is 12.0 Å². The lowest BCUT2D eigenvalue weighted by Gasteiger charge is -2.10. The first kappa shape index (κ1) is 8.06. The van der Waals surface area contributed by atoms with Crippen molar-refractivity contribution in [2.24, 2.45) is 0 Å². The monoisotopic (exact) mass is 163 g/mol. The second-order valence-electron chi connectivity index (χ2n) is 3.73. The summed E-state index contributed by atoms with van der Waals surface area (Å²) in [6.07, 6.45) is 11.3. The molecule has 0 bridgehead atoms. The third-order valence-electron chi connectivity index (χ3n) is 3.01. The van der Waals surface area contributed by atoms with Crippen LogP contribution in [0, 0.1) is 0 Å². The molecule has 0 amide bonds. The van der Waals surface area contributed by atoms with Crippen LogP contribution in [0.3, 0.4) is 0 Å². The molecule has 0 aromatic rings. The van der Waals surface area contributed by atoms with Crippen molar-refractivity contribution in [3.63, 3.8) is 0 Å². The van der Waals surface area contributed by atoms with E-state index in [1.54, 1.807) is 11.1 Å². The van der Waals surface area contributed by atoms with Crippen molar-refractivity contribution in [2.75, 3.05) is 7.05 Å². The highest BCUT2D eigenvalue weighted by atomic mass is 14.9. The van der Waals surface area contributed by atoms with Gasteiger partial charge in [0.2, 0.25) is 0 Å². The SMILES string of the molecule is CN[C@H]1CCC2=C1C=CCCC2. The predicted octanol–water partition coefficient (Wildman–Crippen LogP) is 2.40. The number of allylic oxidation sites excluding steroid dienone is 2. The fourth-order valence-corrected chi connectivity index (χ4v) is 2.31. The van der Waals surface area contributed by atoms with Gasteiger partial charge in [-0.05, 0) is 44.7 Å². The van der Waals surface area contributed by atoms with Crippen molar-refractivity contribution in [3.8, 4) is 0 Å². The predicted molar refractivity (Wildman–Crippen MR) is 52.1 cm³/mol. The molecule has 1 atom stereocenters. The van der Waals surface area contributed by atoms with Crippen LogP contribution in [-0.4, -0.2) is 13.1 Å². The molecule has 0 aliphatic heterocycles. The molecular formula is C11H17N. The summed E-state index contributed by atoms with van der Waals surface area (Å²) in [6, 6.07) is 0.648. The van der Waals surface area contributed by atoms with Gasteiger partial charge in [0, 0.05) is 6.04 Å². The Balaban J connectivity index is 2.22. The van der Waals surface area contributed by atoms with Gasteiger partial charge >= 0.3 is 0 Å². The molecule has 0 radical (unpaired) electrons. The maximum absolute atomic E-state index is 3.38. The van der Waals surface area contributed by atoms with E-state index in [0.717, 1.165) is 0 Å². The van der Waals surface area contributed by atoms with Crippen molar-refractivity contribution in [1.29, 1.82) is 0 Å². The minimum absolute atomic E-state index is 0.648. The Kier molecular flexibility index (Phi) is 2.31. The van der Waals surface area contributed by atoms with E-state index >= 15 is 0 Å². The Bertz CT molecular complexity index is 225. The van der Waals surface area contributed by atoms with Crippen molar-refractivity contribution < 1.29 is 0 Å². The fraction of sp³-hybridized carbons (Fsp3) is 0.636. The minimum Gasteiger partial charge on any atom is -0.313 e. The summed E-state index contributed by atoms with van der Waals surface area (Å²) >= 11 is 0. The van der Waals surface area contributed by atoms with Gasteiger partial charge in [-0.3, -0.25) is 0 Å². The summed E-state index contributed by atoms with van der Waals surface area (Å²) in [5.74, 6) is 0. The van der Waals surface area contributed by atoms with Gasteiger partial charge in [-0.2, -0.15) is 0 Å². The molecule has 0 saturated carbocycles. The van der Waals surface area contributed by atoms with E-state index in [4.69, 9.17) is 0 Å². The van der Waals surface area contributed by atoms with Gasteiger partial charge in [-0.1, -0.05) is 17.7 Å². The van der Waals surface area contributed by atoms with Crippen molar-refractivity contribution >= 4 is 0 Å². The molecule has 2 aliphatic carbocycles. The Morgan fingerprint density at radius 3 is 3.17 bits per heavy atom. The fourth-order valence-electron chi connectivity index (χ4n) is 2.31. The van der Waals surface area contributed by atoms with Gasteiger partial charge < -0.3 is 5.32 Å². The first-order valence-electron chi connectivity index (χ1n) is 4.97. The van der Waals surface area contributed by atoms with Crippen LogP contribution in [0.4, 0.5) is 0 Å². The van der Waals surface area contributed by atoms with E-state index in [1.807, 2.05) is 0 Å². The Morgan fingerprint density at radius 2 is 2.33 bits per heavy atom. The smallest absolute Gasteiger partial charge is 0.0320 e. The highest BCUT2D eigenvalue weighted by Crippen LogP contribution is 2.32. The van der Waals surface area contributed by atoms with E-state index < -0.39 is 0 Å². The van der Waals surface area contributed by atoms with Gasteiger partial charge in [-0.25, -0.2) is 0 Å². The summed E-state index contributed by atoms with van der Waals surface area (Å²) in [6.45, 7) is 0. The lowest BCUT2D eigenvalue weighted by Crippen LogP contribution is -2.23. The zero-order valence-corrected chi connectivity index (χ0v) is 7.77. The van der Waals surface area contributed by atoms with Gasteiger partial charge in [0.25, 0.3) is 0 Å². The molecule has 66 valence electrons. The van der Waals surface area contributed by atoms with E-state index in [0.29, 0.717) is 6.04 Å². The molecule has 0 heterocycles. The minimum atomic E-state index is 0.648. The van der Waals surface area contributed by atoms with Crippen LogP contribution in [0.1, 0.15) is 32.1 Å². The molecule has 12 heavy (non-hydrogen) atoms. The summed E-state index contributed by atoms with van der Waals surface area (Å²) in [7, 11) is 2.07. The van der Waals surface area contributed by atoms with Gasteiger partial charge in [-0.15, -0.1) is 0 Å². The maximum Gasteiger partial charge on any atom is 0.0320 e. The number of likely N-dealkylation sites (N-methyl/N-ethyl adjacent to an activating group) is 1. The highest BCUT2D eigenvalue weighted by molar-refractivity contribution is 5.36. The Morgan fingerprint density at radius 1 is 1.42 bits per heavy atom. The van der Waals surface area contributed by atoms with Crippen LogP contribution in [0.2, 0.25) is 0 Å². The third kappa shape index (κ3) is 1.34. The molecule has 0 spiro atoms. The molecule has 0 fully saturated rings. The van der Waals surface area contributed by atoms with Gasteiger partial charge in [0.05, 0.1) is 0 Å².